The van der Waals surface area contributed by atoms with Crippen LogP contribution in [0.3, 0.4) is 0 Å². The highest BCUT2D eigenvalue weighted by atomic mass is 35.5. The molecule has 0 radical (unpaired) electrons. The topological polar surface area (TPSA) is 47.9 Å². The highest BCUT2D eigenvalue weighted by molar-refractivity contribution is 7.15. The van der Waals surface area contributed by atoms with Crippen LogP contribution in [0.1, 0.15) is 16.3 Å². The van der Waals surface area contributed by atoms with E-state index >= 15 is 0 Å². The molecule has 1 aromatic carbocycles. The van der Waals surface area contributed by atoms with Crippen LogP contribution in [0.2, 0.25) is 5.15 Å². The molecule has 0 saturated carbocycles. The number of fused-ring (bicyclic) bond motifs is 1. The third-order valence-corrected chi connectivity index (χ3v) is 4.62. The van der Waals surface area contributed by atoms with Gasteiger partial charge in [-0.05, 0) is 38.5 Å². The molecule has 0 aliphatic heterocycles. The molecule has 2 aromatic heterocycles. The maximum Gasteiger partial charge on any atom is 0.173 e. The van der Waals surface area contributed by atoms with Crippen LogP contribution in [0, 0.1) is 20.8 Å². The summed E-state index contributed by atoms with van der Waals surface area (Å²) in [7, 11) is 1.63. The molecule has 0 atom stereocenters. The molecule has 0 aliphatic rings. The van der Waals surface area contributed by atoms with E-state index in [0.717, 1.165) is 37.8 Å². The Hall–Kier alpha value is -1.72. The van der Waals surface area contributed by atoms with Gasteiger partial charge in [0.2, 0.25) is 0 Å². The Morgan fingerprint density at radius 1 is 1.10 bits per heavy atom. The van der Waals surface area contributed by atoms with Crippen molar-refractivity contribution in [1.29, 1.82) is 0 Å². The van der Waals surface area contributed by atoms with Gasteiger partial charge in [-0.1, -0.05) is 11.6 Å². The van der Waals surface area contributed by atoms with Crippen molar-refractivity contribution in [3.05, 3.63) is 33.6 Å². The van der Waals surface area contributed by atoms with Gasteiger partial charge < -0.3 is 4.74 Å². The van der Waals surface area contributed by atoms with Gasteiger partial charge in [-0.25, -0.2) is 15.0 Å². The summed E-state index contributed by atoms with van der Waals surface area (Å²) in [4.78, 5) is 14.5. The minimum Gasteiger partial charge on any atom is -0.497 e. The molecule has 3 aromatic rings. The fourth-order valence-electron chi connectivity index (χ4n) is 2.29. The Kier molecular flexibility index (Phi) is 3.55. The Morgan fingerprint density at radius 2 is 1.86 bits per heavy atom. The zero-order valence-electron chi connectivity index (χ0n) is 12.2. The van der Waals surface area contributed by atoms with E-state index in [9.17, 15) is 0 Å². The van der Waals surface area contributed by atoms with E-state index in [2.05, 4.69) is 15.0 Å². The molecular weight excluding hydrogens is 306 g/mol. The van der Waals surface area contributed by atoms with Gasteiger partial charge in [0.1, 0.15) is 10.9 Å². The summed E-state index contributed by atoms with van der Waals surface area (Å²) in [5.41, 5.74) is 2.78. The van der Waals surface area contributed by atoms with E-state index in [1.807, 2.05) is 32.9 Å². The molecule has 0 N–H and O–H groups in total. The van der Waals surface area contributed by atoms with Crippen molar-refractivity contribution in [1.82, 2.24) is 15.0 Å². The summed E-state index contributed by atoms with van der Waals surface area (Å²) in [5.74, 6) is 1.38. The lowest BCUT2D eigenvalue weighted by Crippen LogP contribution is -1.95. The fourth-order valence-corrected chi connectivity index (χ4v) is 3.37. The van der Waals surface area contributed by atoms with Crippen molar-refractivity contribution < 1.29 is 4.74 Å². The third kappa shape index (κ3) is 2.47. The van der Waals surface area contributed by atoms with Gasteiger partial charge in [-0.3, -0.25) is 0 Å². The van der Waals surface area contributed by atoms with Crippen LogP contribution < -0.4 is 4.74 Å². The van der Waals surface area contributed by atoms with E-state index in [-0.39, 0.29) is 0 Å². The summed E-state index contributed by atoms with van der Waals surface area (Å²) >= 11 is 7.93. The molecule has 6 heteroatoms. The quantitative estimate of drug-likeness (QED) is 0.659. The van der Waals surface area contributed by atoms with Gasteiger partial charge in [0.25, 0.3) is 0 Å². The van der Waals surface area contributed by atoms with Gasteiger partial charge in [0, 0.05) is 5.39 Å². The first kappa shape index (κ1) is 14.2. The zero-order chi connectivity index (χ0) is 15.1. The summed E-state index contributed by atoms with van der Waals surface area (Å²) < 4.78 is 5.27. The maximum atomic E-state index is 6.35. The monoisotopic (exact) mass is 319 g/mol. The first-order chi connectivity index (χ1) is 9.99. The number of hydrogen-bond acceptors (Lipinski definition) is 5. The van der Waals surface area contributed by atoms with E-state index < -0.39 is 0 Å². The average Bonchev–Trinajstić information content (AvgIpc) is 2.78. The normalized spacial score (nSPS) is 11.1. The highest BCUT2D eigenvalue weighted by Gasteiger charge is 2.15. The van der Waals surface area contributed by atoms with Gasteiger partial charge >= 0.3 is 0 Å². The lowest BCUT2D eigenvalue weighted by atomic mass is 10.1. The number of ether oxygens (including phenoxy) is 1. The van der Waals surface area contributed by atoms with Gasteiger partial charge in [0.15, 0.2) is 5.82 Å². The van der Waals surface area contributed by atoms with E-state index in [0.29, 0.717) is 11.0 Å². The third-order valence-electron chi connectivity index (χ3n) is 3.26. The summed E-state index contributed by atoms with van der Waals surface area (Å²) in [6.45, 7) is 5.92. The smallest absolute Gasteiger partial charge is 0.173 e. The number of nitrogens with zero attached hydrogens (tertiary/aromatic N) is 3. The number of thiazole rings is 1. The van der Waals surface area contributed by atoms with Crippen molar-refractivity contribution in [3.8, 4) is 16.5 Å². The van der Waals surface area contributed by atoms with Crippen molar-refractivity contribution in [2.24, 2.45) is 0 Å². The summed E-state index contributed by atoms with van der Waals surface area (Å²) in [6, 6.07) is 3.81. The minimum atomic E-state index is 0.433. The van der Waals surface area contributed by atoms with Crippen molar-refractivity contribution in [2.75, 3.05) is 7.11 Å². The first-order valence-electron chi connectivity index (χ1n) is 6.46. The van der Waals surface area contributed by atoms with Crippen LogP contribution in [0.5, 0.6) is 5.75 Å². The number of methoxy groups -OCH3 is 1. The van der Waals surface area contributed by atoms with Crippen LogP contribution in [-0.2, 0) is 0 Å². The van der Waals surface area contributed by atoms with Crippen molar-refractivity contribution in [2.45, 2.75) is 20.8 Å². The van der Waals surface area contributed by atoms with Crippen LogP contribution in [-0.4, -0.2) is 22.1 Å². The molecule has 21 heavy (non-hydrogen) atoms. The van der Waals surface area contributed by atoms with Crippen molar-refractivity contribution in [3.63, 3.8) is 0 Å². The lowest BCUT2D eigenvalue weighted by molar-refractivity contribution is 0.415. The maximum absolute atomic E-state index is 6.35. The second kappa shape index (κ2) is 5.24. The van der Waals surface area contributed by atoms with Crippen LogP contribution >= 0.6 is 22.9 Å². The minimum absolute atomic E-state index is 0.433. The molecule has 108 valence electrons. The Morgan fingerprint density at radius 3 is 2.48 bits per heavy atom. The molecular formula is C15H14ClN3OS. The van der Waals surface area contributed by atoms with Crippen molar-refractivity contribution >= 4 is 33.8 Å². The van der Waals surface area contributed by atoms with E-state index in [1.54, 1.807) is 18.4 Å². The Labute approximate surface area is 131 Å². The number of halogens is 1. The standard InChI is InChI=1S/C15H14ClN3OS/c1-7-5-10(20-4)6-11-12(7)18-15(19-14(11)16)13-8(2)17-9(3)21-13/h5-6H,1-4H3. The molecule has 0 spiro atoms. The summed E-state index contributed by atoms with van der Waals surface area (Å²) in [6.07, 6.45) is 0. The second-order valence-electron chi connectivity index (χ2n) is 4.83. The molecule has 0 saturated heterocycles. The highest BCUT2D eigenvalue weighted by Crippen LogP contribution is 2.33. The molecule has 2 heterocycles. The lowest BCUT2D eigenvalue weighted by Gasteiger charge is -2.08. The second-order valence-corrected chi connectivity index (χ2v) is 6.39. The number of aromatic nitrogens is 3. The van der Waals surface area contributed by atoms with E-state index in [4.69, 9.17) is 16.3 Å². The molecule has 0 fully saturated rings. The van der Waals surface area contributed by atoms with Crippen LogP contribution in [0.4, 0.5) is 0 Å². The van der Waals surface area contributed by atoms with Gasteiger partial charge in [-0.2, -0.15) is 0 Å². The van der Waals surface area contributed by atoms with Gasteiger partial charge in [0.05, 0.1) is 28.2 Å². The predicted molar refractivity (Wildman–Crippen MR) is 86.4 cm³/mol. The number of benzene rings is 1. The average molecular weight is 320 g/mol. The Bertz CT molecular complexity index is 845. The van der Waals surface area contributed by atoms with E-state index in [1.165, 1.54) is 0 Å². The Balaban J connectivity index is 2.28. The number of aryl methyl sites for hydroxylation is 3. The predicted octanol–water partition coefficient (Wildman–Crippen LogP) is 4.34. The van der Waals surface area contributed by atoms with Crippen LogP contribution in [0.15, 0.2) is 12.1 Å². The largest absolute Gasteiger partial charge is 0.497 e. The zero-order valence-corrected chi connectivity index (χ0v) is 13.8. The first-order valence-corrected chi connectivity index (χ1v) is 7.65. The molecule has 0 bridgehead atoms. The van der Waals surface area contributed by atoms with Crippen LogP contribution in [0.25, 0.3) is 21.6 Å². The fraction of sp³-hybridized carbons (Fsp3) is 0.267. The molecule has 3 rings (SSSR count). The number of rotatable bonds is 2. The van der Waals surface area contributed by atoms with Gasteiger partial charge in [-0.15, -0.1) is 11.3 Å². The molecule has 0 amide bonds. The SMILES string of the molecule is COc1cc(C)c2nc(-c3sc(C)nc3C)nc(Cl)c2c1. The molecule has 0 aliphatic carbocycles. The molecule has 4 nitrogen and oxygen atoms in total. The molecule has 0 unspecified atom stereocenters. The number of hydrogen-bond donors (Lipinski definition) is 0. The summed E-state index contributed by atoms with van der Waals surface area (Å²) in [5, 5.41) is 2.23.